The fourth-order valence-electron chi connectivity index (χ4n) is 2.29. The first kappa shape index (κ1) is 20.5. The number of esters is 2. The fraction of sp³-hybridized carbons (Fsp3) is 0.333. The third-order valence-electron chi connectivity index (χ3n) is 3.58. The lowest BCUT2D eigenvalue weighted by molar-refractivity contribution is -0.142. The zero-order chi connectivity index (χ0) is 20.0. The summed E-state index contributed by atoms with van der Waals surface area (Å²) in [6.07, 6.45) is -1.02. The minimum absolute atomic E-state index is 0.0813. The van der Waals surface area contributed by atoms with E-state index in [0.717, 1.165) is 16.5 Å². The summed E-state index contributed by atoms with van der Waals surface area (Å²) in [5.41, 5.74) is 0.600. The average Bonchev–Trinajstić information content (AvgIpc) is 2.62. The van der Waals surface area contributed by atoms with E-state index in [2.05, 4.69) is 6.58 Å². The van der Waals surface area contributed by atoms with Crippen LogP contribution in [0.1, 0.15) is 31.1 Å². The fourth-order valence-corrected chi connectivity index (χ4v) is 2.29. The third-order valence-corrected chi connectivity index (χ3v) is 3.58. The molecule has 1 N–H and O–H groups in total. The number of hydrogen-bond donors (Lipinski definition) is 1. The number of aliphatic hydroxyl groups excluding tert-OH is 1. The molecule has 0 aliphatic rings. The lowest BCUT2D eigenvalue weighted by Crippen LogP contribution is -2.25. The smallest absolute Gasteiger partial charge is 0.338 e. The molecule has 1 unspecified atom stereocenters. The van der Waals surface area contributed by atoms with Gasteiger partial charge in [-0.15, -0.1) is 0 Å². The van der Waals surface area contributed by atoms with E-state index in [4.69, 9.17) is 14.2 Å². The molecule has 2 aromatic rings. The second-order valence-corrected chi connectivity index (χ2v) is 6.52. The Morgan fingerprint density at radius 1 is 1.04 bits per heavy atom. The summed E-state index contributed by atoms with van der Waals surface area (Å²) in [6.45, 7) is 8.31. The second-order valence-electron chi connectivity index (χ2n) is 6.52. The molecule has 0 aliphatic carbocycles. The van der Waals surface area contributed by atoms with Crippen LogP contribution in [0, 0.1) is 0 Å². The largest absolute Gasteiger partial charge is 0.491 e. The van der Waals surface area contributed by atoms with Crippen molar-refractivity contribution in [3.63, 3.8) is 0 Å². The van der Waals surface area contributed by atoms with Gasteiger partial charge in [-0.05, 0) is 55.8 Å². The van der Waals surface area contributed by atoms with Crippen LogP contribution in [-0.4, -0.2) is 42.5 Å². The van der Waals surface area contributed by atoms with Crippen molar-refractivity contribution < 1.29 is 28.9 Å². The van der Waals surface area contributed by atoms with Gasteiger partial charge in [0.2, 0.25) is 0 Å². The number of hydrogen-bond acceptors (Lipinski definition) is 6. The van der Waals surface area contributed by atoms with Crippen molar-refractivity contribution in [1.82, 2.24) is 0 Å². The van der Waals surface area contributed by atoms with Crippen LogP contribution in [0.15, 0.2) is 48.6 Å². The first-order valence-corrected chi connectivity index (χ1v) is 8.64. The number of ether oxygens (including phenoxy) is 3. The molecule has 6 heteroatoms. The Kier molecular flexibility index (Phi) is 6.96. The Morgan fingerprint density at radius 3 is 2.33 bits per heavy atom. The summed E-state index contributed by atoms with van der Waals surface area (Å²) in [5.74, 6) is -0.402. The molecule has 0 radical (unpaired) electrons. The van der Waals surface area contributed by atoms with Gasteiger partial charge >= 0.3 is 11.9 Å². The van der Waals surface area contributed by atoms with Crippen LogP contribution in [0.2, 0.25) is 0 Å². The van der Waals surface area contributed by atoms with Crippen molar-refractivity contribution in [3.05, 3.63) is 54.1 Å². The second kappa shape index (κ2) is 9.19. The van der Waals surface area contributed by atoms with Gasteiger partial charge in [-0.3, -0.25) is 0 Å². The molecule has 0 saturated heterocycles. The molecule has 2 rings (SSSR count). The number of benzene rings is 2. The Hall–Kier alpha value is -2.86. The monoisotopic (exact) mass is 372 g/mol. The predicted octanol–water partition coefficient (Wildman–Crippen LogP) is 3.26. The van der Waals surface area contributed by atoms with E-state index in [0.29, 0.717) is 5.56 Å². The Balaban J connectivity index is 1.95. The van der Waals surface area contributed by atoms with Crippen LogP contribution in [0.5, 0.6) is 5.75 Å². The van der Waals surface area contributed by atoms with Gasteiger partial charge in [-0.1, -0.05) is 18.7 Å². The Morgan fingerprint density at radius 2 is 1.67 bits per heavy atom. The highest BCUT2D eigenvalue weighted by Gasteiger charge is 2.14. The minimum atomic E-state index is -1.10. The number of carbonyl (C=O) groups excluding carboxylic acids is 2. The van der Waals surface area contributed by atoms with E-state index in [1.807, 2.05) is 38.1 Å². The lowest BCUT2D eigenvalue weighted by atomic mass is 10.1. The first-order valence-electron chi connectivity index (χ1n) is 8.64. The van der Waals surface area contributed by atoms with Gasteiger partial charge in [-0.25, -0.2) is 9.59 Å². The summed E-state index contributed by atoms with van der Waals surface area (Å²) in [4.78, 5) is 23.4. The van der Waals surface area contributed by atoms with E-state index in [1.54, 1.807) is 12.1 Å². The molecule has 6 nitrogen and oxygen atoms in total. The molecule has 0 saturated carbocycles. The van der Waals surface area contributed by atoms with Crippen molar-refractivity contribution in [2.75, 3.05) is 13.2 Å². The van der Waals surface area contributed by atoms with E-state index >= 15 is 0 Å². The summed E-state index contributed by atoms with van der Waals surface area (Å²) in [6, 6.07) is 10.8. The van der Waals surface area contributed by atoms with Crippen LogP contribution < -0.4 is 4.74 Å². The highest BCUT2D eigenvalue weighted by molar-refractivity contribution is 5.95. The van der Waals surface area contributed by atoms with Crippen molar-refractivity contribution >= 4 is 22.7 Å². The number of aliphatic hydroxyl groups is 1. The molecule has 2 aromatic carbocycles. The summed E-state index contributed by atoms with van der Waals surface area (Å²) >= 11 is 0. The number of rotatable bonds is 8. The molecular formula is C21H24O6. The summed E-state index contributed by atoms with van der Waals surface area (Å²) < 4.78 is 15.5. The SMILES string of the molecule is C=C(C)C(=O)OCC(O)COC(=O)c1ccc2cc(OC(C)C)ccc2c1. The lowest BCUT2D eigenvalue weighted by Gasteiger charge is -2.13. The minimum Gasteiger partial charge on any atom is -0.491 e. The van der Waals surface area contributed by atoms with Gasteiger partial charge in [-0.2, -0.15) is 0 Å². The van der Waals surface area contributed by atoms with Gasteiger partial charge in [0.1, 0.15) is 25.1 Å². The molecular weight excluding hydrogens is 348 g/mol. The topological polar surface area (TPSA) is 82.1 Å². The molecule has 144 valence electrons. The predicted molar refractivity (Wildman–Crippen MR) is 102 cm³/mol. The van der Waals surface area contributed by atoms with Gasteiger partial charge in [0.25, 0.3) is 0 Å². The Labute approximate surface area is 158 Å². The quantitative estimate of drug-likeness (QED) is 0.566. The van der Waals surface area contributed by atoms with Crippen LogP contribution in [-0.2, 0) is 14.3 Å². The highest BCUT2D eigenvalue weighted by Crippen LogP contribution is 2.23. The van der Waals surface area contributed by atoms with Crippen molar-refractivity contribution in [2.45, 2.75) is 33.0 Å². The van der Waals surface area contributed by atoms with Crippen LogP contribution in [0.25, 0.3) is 10.8 Å². The maximum Gasteiger partial charge on any atom is 0.338 e. The highest BCUT2D eigenvalue weighted by atomic mass is 16.6. The van der Waals surface area contributed by atoms with E-state index in [9.17, 15) is 14.7 Å². The molecule has 1 atom stereocenters. The molecule has 0 heterocycles. The van der Waals surface area contributed by atoms with Crippen molar-refractivity contribution in [2.24, 2.45) is 0 Å². The summed E-state index contributed by atoms with van der Waals surface area (Å²) in [5, 5.41) is 11.6. The van der Waals surface area contributed by atoms with Gasteiger partial charge in [0.15, 0.2) is 0 Å². The number of fused-ring (bicyclic) bond motifs is 1. The first-order chi connectivity index (χ1) is 12.8. The number of carbonyl (C=O) groups is 2. The van der Waals surface area contributed by atoms with Crippen molar-refractivity contribution in [1.29, 1.82) is 0 Å². The van der Waals surface area contributed by atoms with Crippen LogP contribution in [0.3, 0.4) is 0 Å². The normalized spacial score (nSPS) is 11.9. The van der Waals surface area contributed by atoms with Crippen LogP contribution in [0.4, 0.5) is 0 Å². The van der Waals surface area contributed by atoms with Gasteiger partial charge in [0, 0.05) is 5.57 Å². The third kappa shape index (κ3) is 6.11. The van der Waals surface area contributed by atoms with Gasteiger partial charge < -0.3 is 19.3 Å². The molecule has 0 bridgehead atoms. The van der Waals surface area contributed by atoms with E-state index in [-0.39, 0.29) is 24.9 Å². The summed E-state index contributed by atoms with van der Waals surface area (Å²) in [7, 11) is 0. The molecule has 0 amide bonds. The molecule has 0 spiro atoms. The molecule has 27 heavy (non-hydrogen) atoms. The van der Waals surface area contributed by atoms with E-state index < -0.39 is 18.0 Å². The zero-order valence-electron chi connectivity index (χ0n) is 15.7. The standard InChI is InChI=1S/C21H24O6/c1-13(2)20(23)25-11-18(22)12-26-21(24)17-6-5-16-10-19(27-14(3)4)8-7-15(16)9-17/h5-10,14,18,22H,1,11-12H2,2-4H3. The Bertz CT molecular complexity index is 840. The molecule has 0 aliphatic heterocycles. The molecule has 0 fully saturated rings. The maximum absolute atomic E-state index is 12.2. The maximum atomic E-state index is 12.2. The average molecular weight is 372 g/mol. The van der Waals surface area contributed by atoms with Crippen LogP contribution >= 0.6 is 0 Å². The molecule has 0 aromatic heterocycles. The van der Waals surface area contributed by atoms with E-state index in [1.165, 1.54) is 6.92 Å². The zero-order valence-corrected chi connectivity index (χ0v) is 15.7. The van der Waals surface area contributed by atoms with Gasteiger partial charge in [0.05, 0.1) is 11.7 Å². The van der Waals surface area contributed by atoms with Crippen molar-refractivity contribution in [3.8, 4) is 5.75 Å².